The Morgan fingerprint density at radius 2 is 1.83 bits per heavy atom. The van der Waals surface area contributed by atoms with Crippen molar-refractivity contribution >= 4 is 10.0 Å². The fraction of sp³-hybridized carbons (Fsp3) is 0.571. The van der Waals surface area contributed by atoms with Crippen molar-refractivity contribution in [3.05, 3.63) is 35.2 Å². The highest BCUT2D eigenvalue weighted by atomic mass is 32.2. The van der Waals surface area contributed by atoms with E-state index < -0.39 is 15.6 Å². The van der Waals surface area contributed by atoms with Crippen molar-refractivity contribution in [2.24, 2.45) is 0 Å². The quantitative estimate of drug-likeness (QED) is 0.718. The van der Waals surface area contributed by atoms with E-state index in [1.165, 1.54) is 5.56 Å². The molecule has 3 heterocycles. The maximum atomic E-state index is 13.2. The van der Waals surface area contributed by atoms with Crippen LogP contribution in [-0.2, 0) is 33.3 Å². The lowest BCUT2D eigenvalue weighted by atomic mass is 9.79. The number of sulfonamides is 1. The van der Waals surface area contributed by atoms with Gasteiger partial charge in [0.15, 0.2) is 11.5 Å². The van der Waals surface area contributed by atoms with Gasteiger partial charge in [-0.05, 0) is 56.4 Å². The molecule has 0 saturated carbocycles. The summed E-state index contributed by atoms with van der Waals surface area (Å²) < 4.78 is 46.9. The van der Waals surface area contributed by atoms with Gasteiger partial charge in [-0.25, -0.2) is 8.42 Å². The lowest BCUT2D eigenvalue weighted by Crippen LogP contribution is -2.48. The minimum absolute atomic E-state index is 0.289. The second-order valence-corrected chi connectivity index (χ2v) is 9.70. The van der Waals surface area contributed by atoms with E-state index in [-0.39, 0.29) is 4.90 Å². The van der Waals surface area contributed by atoms with E-state index in [9.17, 15) is 8.42 Å². The molecule has 1 fully saturated rings. The summed E-state index contributed by atoms with van der Waals surface area (Å²) in [5.41, 5.74) is 2.30. The molecule has 2 aliphatic rings. The van der Waals surface area contributed by atoms with E-state index in [0.717, 1.165) is 12.0 Å². The molecule has 0 N–H and O–H groups in total. The highest BCUT2D eigenvalue weighted by Crippen LogP contribution is 2.45. The minimum Gasteiger partial charge on any atom is -0.493 e. The van der Waals surface area contributed by atoms with Crippen molar-refractivity contribution in [2.45, 2.75) is 50.2 Å². The average Bonchev–Trinajstić information content (AvgIpc) is 3.15. The van der Waals surface area contributed by atoms with Crippen LogP contribution in [0.15, 0.2) is 23.2 Å². The molecule has 30 heavy (non-hydrogen) atoms. The first-order valence-electron chi connectivity index (χ1n) is 10.3. The lowest BCUT2D eigenvalue weighted by molar-refractivity contribution is -0.0893. The zero-order valence-electron chi connectivity index (χ0n) is 18.0. The van der Waals surface area contributed by atoms with Crippen molar-refractivity contribution in [2.75, 3.05) is 33.9 Å². The standard InChI is InChI=1S/C21H29N3O5S/c1-5-23-14-20(15(2)22-23)30(25,26)24-9-7-21(8-10-24)17-13-19(28-4)18(27-3)12-16(17)6-11-29-21/h12-14H,5-11H2,1-4H3. The first-order valence-corrected chi connectivity index (χ1v) is 11.7. The van der Waals surface area contributed by atoms with Crippen molar-refractivity contribution < 1.29 is 22.6 Å². The summed E-state index contributed by atoms with van der Waals surface area (Å²) >= 11 is 0. The van der Waals surface area contributed by atoms with Crippen LogP contribution in [0, 0.1) is 6.92 Å². The number of fused-ring (bicyclic) bond motifs is 2. The number of methoxy groups -OCH3 is 2. The van der Waals surface area contributed by atoms with Gasteiger partial charge in [0.25, 0.3) is 0 Å². The maximum absolute atomic E-state index is 13.2. The maximum Gasteiger partial charge on any atom is 0.246 e. The Kier molecular flexibility index (Phi) is 5.54. The third-order valence-electron chi connectivity index (χ3n) is 6.22. The number of ether oxygens (including phenoxy) is 3. The molecule has 164 valence electrons. The molecule has 0 atom stereocenters. The van der Waals surface area contributed by atoms with Crippen LogP contribution in [0.5, 0.6) is 11.5 Å². The molecule has 0 bridgehead atoms. The summed E-state index contributed by atoms with van der Waals surface area (Å²) in [5, 5.41) is 4.30. The number of piperidine rings is 1. The van der Waals surface area contributed by atoms with Crippen LogP contribution in [0.4, 0.5) is 0 Å². The zero-order valence-corrected chi connectivity index (χ0v) is 18.8. The highest BCUT2D eigenvalue weighted by Gasteiger charge is 2.44. The number of benzene rings is 1. The van der Waals surface area contributed by atoms with Crippen LogP contribution in [0.25, 0.3) is 0 Å². The number of hydrogen-bond acceptors (Lipinski definition) is 6. The van der Waals surface area contributed by atoms with E-state index in [4.69, 9.17) is 14.2 Å². The second-order valence-electron chi connectivity index (χ2n) is 7.80. The summed E-state index contributed by atoms with van der Waals surface area (Å²) in [6.45, 7) is 5.71. The van der Waals surface area contributed by atoms with Gasteiger partial charge in [-0.2, -0.15) is 9.40 Å². The summed E-state index contributed by atoms with van der Waals surface area (Å²) in [5.74, 6) is 1.37. The number of aromatic nitrogens is 2. The SMILES string of the molecule is CCn1cc(S(=O)(=O)N2CCC3(CC2)OCCc2cc(OC)c(OC)cc23)c(C)n1. The third kappa shape index (κ3) is 3.38. The monoisotopic (exact) mass is 435 g/mol. The van der Waals surface area contributed by atoms with Crippen LogP contribution in [0.3, 0.4) is 0 Å². The van der Waals surface area contributed by atoms with Gasteiger partial charge in [-0.15, -0.1) is 0 Å². The smallest absolute Gasteiger partial charge is 0.246 e. The van der Waals surface area contributed by atoms with Gasteiger partial charge in [0, 0.05) is 25.8 Å². The van der Waals surface area contributed by atoms with Gasteiger partial charge in [-0.3, -0.25) is 4.68 Å². The predicted octanol–water partition coefficient (Wildman–Crippen LogP) is 2.48. The summed E-state index contributed by atoms with van der Waals surface area (Å²) in [6.07, 6.45) is 3.61. The summed E-state index contributed by atoms with van der Waals surface area (Å²) in [4.78, 5) is 0.289. The van der Waals surface area contributed by atoms with Gasteiger partial charge >= 0.3 is 0 Å². The van der Waals surface area contributed by atoms with Crippen molar-refractivity contribution in [3.63, 3.8) is 0 Å². The Morgan fingerprint density at radius 3 is 2.43 bits per heavy atom. The molecule has 4 rings (SSSR count). The van der Waals surface area contributed by atoms with Crippen molar-refractivity contribution in [3.8, 4) is 11.5 Å². The molecule has 0 unspecified atom stereocenters. The molecule has 0 amide bonds. The van der Waals surface area contributed by atoms with Gasteiger partial charge in [0.1, 0.15) is 4.90 Å². The van der Waals surface area contributed by atoms with Gasteiger partial charge in [0.05, 0.1) is 32.1 Å². The molecule has 2 aliphatic heterocycles. The average molecular weight is 436 g/mol. The molecule has 0 radical (unpaired) electrons. The van der Waals surface area contributed by atoms with Crippen LogP contribution in [0.1, 0.15) is 36.6 Å². The lowest BCUT2D eigenvalue weighted by Gasteiger charge is -2.44. The van der Waals surface area contributed by atoms with Crippen molar-refractivity contribution in [1.82, 2.24) is 14.1 Å². The number of nitrogens with zero attached hydrogens (tertiary/aromatic N) is 3. The van der Waals surface area contributed by atoms with E-state index in [1.807, 2.05) is 19.1 Å². The van der Waals surface area contributed by atoms with Gasteiger partial charge in [-0.1, -0.05) is 0 Å². The van der Waals surface area contributed by atoms with E-state index >= 15 is 0 Å². The van der Waals surface area contributed by atoms with Crippen molar-refractivity contribution in [1.29, 1.82) is 0 Å². The topological polar surface area (TPSA) is 82.9 Å². The molecule has 1 spiro atoms. The summed E-state index contributed by atoms with van der Waals surface area (Å²) in [6, 6.07) is 4.01. The molecule has 0 aliphatic carbocycles. The minimum atomic E-state index is -3.59. The predicted molar refractivity (Wildman–Crippen MR) is 112 cm³/mol. The van der Waals surface area contributed by atoms with Crippen LogP contribution in [-0.4, -0.2) is 56.4 Å². The molecule has 1 saturated heterocycles. The molecular formula is C21H29N3O5S. The van der Waals surface area contributed by atoms with E-state index in [0.29, 0.717) is 56.3 Å². The normalized spacial score (nSPS) is 18.9. The largest absolute Gasteiger partial charge is 0.493 e. The number of hydrogen-bond donors (Lipinski definition) is 0. The van der Waals surface area contributed by atoms with E-state index in [1.54, 1.807) is 36.3 Å². The molecule has 1 aromatic heterocycles. The van der Waals surface area contributed by atoms with Crippen LogP contribution in [0.2, 0.25) is 0 Å². The Bertz CT molecular complexity index is 1040. The molecular weight excluding hydrogens is 406 g/mol. The highest BCUT2D eigenvalue weighted by molar-refractivity contribution is 7.89. The summed E-state index contributed by atoms with van der Waals surface area (Å²) in [7, 11) is -0.338. The first kappa shape index (κ1) is 21.1. The molecule has 9 heteroatoms. The van der Waals surface area contributed by atoms with Crippen LogP contribution >= 0.6 is 0 Å². The first-order chi connectivity index (χ1) is 14.3. The van der Waals surface area contributed by atoms with E-state index in [2.05, 4.69) is 5.10 Å². The number of aryl methyl sites for hydroxylation is 2. The Balaban J connectivity index is 1.61. The fourth-order valence-electron chi connectivity index (χ4n) is 4.54. The van der Waals surface area contributed by atoms with Crippen LogP contribution < -0.4 is 9.47 Å². The Hall–Kier alpha value is -2.10. The fourth-order valence-corrected chi connectivity index (χ4v) is 6.15. The zero-order chi connectivity index (χ0) is 21.5. The Labute approximate surface area is 177 Å². The molecule has 1 aromatic carbocycles. The Morgan fingerprint density at radius 1 is 1.17 bits per heavy atom. The third-order valence-corrected chi connectivity index (χ3v) is 8.22. The van der Waals surface area contributed by atoms with Gasteiger partial charge in [0.2, 0.25) is 10.0 Å². The second kappa shape index (κ2) is 7.86. The number of rotatable bonds is 5. The molecule has 2 aromatic rings. The van der Waals surface area contributed by atoms with Gasteiger partial charge < -0.3 is 14.2 Å². The molecule has 8 nitrogen and oxygen atoms in total.